The average molecular weight is 372 g/mol. The number of benzene rings is 1. The van der Waals surface area contributed by atoms with Crippen LogP contribution >= 0.6 is 0 Å². The van der Waals surface area contributed by atoms with Gasteiger partial charge in [-0.1, -0.05) is 18.2 Å². The molecule has 0 spiro atoms. The summed E-state index contributed by atoms with van der Waals surface area (Å²) in [5.74, 6) is 0.542. The fraction of sp³-hybridized carbons (Fsp3) is 0.143. The predicted molar refractivity (Wildman–Crippen MR) is 106 cm³/mol. The monoisotopic (exact) mass is 372 g/mol. The van der Waals surface area contributed by atoms with Crippen LogP contribution in [-0.2, 0) is 6.54 Å². The number of rotatable bonds is 5. The van der Waals surface area contributed by atoms with Crippen molar-refractivity contribution >= 4 is 5.91 Å². The SMILES string of the molecule is Cc1nn(-c2ccccc2)c(C)c1CNC(=O)c1ccc(-n2ccnc2)nc1. The van der Waals surface area contributed by atoms with Gasteiger partial charge < -0.3 is 5.32 Å². The lowest BCUT2D eigenvalue weighted by molar-refractivity contribution is 0.0950. The minimum absolute atomic E-state index is 0.170. The Morgan fingerprint density at radius 3 is 2.61 bits per heavy atom. The highest BCUT2D eigenvalue weighted by Crippen LogP contribution is 2.17. The molecule has 4 rings (SSSR count). The van der Waals surface area contributed by atoms with E-state index in [1.54, 1.807) is 41.6 Å². The van der Waals surface area contributed by atoms with Gasteiger partial charge in [0.25, 0.3) is 5.91 Å². The molecule has 0 saturated carbocycles. The molecule has 4 aromatic rings. The van der Waals surface area contributed by atoms with E-state index in [9.17, 15) is 4.79 Å². The molecular formula is C21H20N6O. The molecule has 1 amide bonds. The van der Waals surface area contributed by atoms with E-state index in [1.165, 1.54) is 0 Å². The predicted octanol–water partition coefficient (Wildman–Crippen LogP) is 3.00. The Bertz CT molecular complexity index is 1080. The molecule has 3 heterocycles. The third kappa shape index (κ3) is 3.42. The fourth-order valence-electron chi connectivity index (χ4n) is 3.09. The Labute approximate surface area is 162 Å². The lowest BCUT2D eigenvalue weighted by Crippen LogP contribution is -2.23. The summed E-state index contributed by atoms with van der Waals surface area (Å²) >= 11 is 0. The van der Waals surface area contributed by atoms with Crippen molar-refractivity contribution in [2.45, 2.75) is 20.4 Å². The van der Waals surface area contributed by atoms with Crippen LogP contribution in [0, 0.1) is 13.8 Å². The molecule has 1 aromatic carbocycles. The summed E-state index contributed by atoms with van der Waals surface area (Å²) in [4.78, 5) is 20.8. The largest absolute Gasteiger partial charge is 0.348 e. The molecule has 7 heteroatoms. The van der Waals surface area contributed by atoms with Crippen LogP contribution in [0.1, 0.15) is 27.3 Å². The first kappa shape index (κ1) is 17.7. The molecule has 0 aliphatic heterocycles. The first-order chi connectivity index (χ1) is 13.6. The number of aromatic nitrogens is 5. The van der Waals surface area contributed by atoms with Crippen molar-refractivity contribution in [3.63, 3.8) is 0 Å². The summed E-state index contributed by atoms with van der Waals surface area (Å²) in [5, 5.41) is 7.58. The van der Waals surface area contributed by atoms with Gasteiger partial charge in [-0.05, 0) is 38.1 Å². The van der Waals surface area contributed by atoms with Gasteiger partial charge in [-0.15, -0.1) is 0 Å². The van der Waals surface area contributed by atoms with Gasteiger partial charge in [-0.25, -0.2) is 14.6 Å². The van der Waals surface area contributed by atoms with E-state index < -0.39 is 0 Å². The van der Waals surface area contributed by atoms with Gasteiger partial charge in [0.05, 0.1) is 16.9 Å². The molecule has 0 radical (unpaired) electrons. The number of nitrogens with one attached hydrogen (secondary N) is 1. The second kappa shape index (κ2) is 7.48. The molecule has 0 unspecified atom stereocenters. The summed E-state index contributed by atoms with van der Waals surface area (Å²) in [7, 11) is 0. The molecule has 28 heavy (non-hydrogen) atoms. The molecule has 7 nitrogen and oxygen atoms in total. The highest BCUT2D eigenvalue weighted by Gasteiger charge is 2.14. The van der Waals surface area contributed by atoms with Gasteiger partial charge in [0.2, 0.25) is 0 Å². The van der Waals surface area contributed by atoms with Gasteiger partial charge in [0.15, 0.2) is 0 Å². The normalized spacial score (nSPS) is 10.8. The molecule has 1 N–H and O–H groups in total. The number of carbonyl (C=O) groups excluding carboxylic acids is 1. The van der Waals surface area contributed by atoms with Gasteiger partial charge in [-0.2, -0.15) is 5.10 Å². The van der Waals surface area contributed by atoms with E-state index in [-0.39, 0.29) is 5.91 Å². The minimum Gasteiger partial charge on any atom is -0.348 e. The maximum atomic E-state index is 12.5. The first-order valence-corrected chi connectivity index (χ1v) is 8.96. The van der Waals surface area contributed by atoms with Crippen LogP contribution in [0.15, 0.2) is 67.4 Å². The summed E-state index contributed by atoms with van der Waals surface area (Å²) in [5.41, 5.74) is 4.43. The molecule has 0 fully saturated rings. The number of para-hydroxylation sites is 1. The van der Waals surface area contributed by atoms with Crippen LogP contribution in [-0.4, -0.2) is 30.2 Å². The van der Waals surface area contributed by atoms with Crippen molar-refractivity contribution in [3.05, 3.63) is 89.9 Å². The minimum atomic E-state index is -0.170. The Balaban J connectivity index is 1.47. The van der Waals surface area contributed by atoms with Gasteiger partial charge in [0.1, 0.15) is 12.1 Å². The summed E-state index contributed by atoms with van der Waals surface area (Å²) < 4.78 is 3.69. The van der Waals surface area contributed by atoms with Crippen molar-refractivity contribution in [1.29, 1.82) is 0 Å². The Hall–Kier alpha value is -3.74. The van der Waals surface area contributed by atoms with Crippen LogP contribution in [0.25, 0.3) is 11.5 Å². The van der Waals surface area contributed by atoms with Crippen LogP contribution in [0.5, 0.6) is 0 Å². The molecular weight excluding hydrogens is 352 g/mol. The zero-order chi connectivity index (χ0) is 19.5. The topological polar surface area (TPSA) is 77.6 Å². The summed E-state index contributed by atoms with van der Waals surface area (Å²) in [6.07, 6.45) is 6.72. The van der Waals surface area contributed by atoms with Crippen molar-refractivity contribution in [3.8, 4) is 11.5 Å². The second-order valence-corrected chi connectivity index (χ2v) is 6.45. The third-order valence-electron chi connectivity index (χ3n) is 4.65. The molecule has 140 valence electrons. The van der Waals surface area contributed by atoms with Crippen molar-refractivity contribution in [2.75, 3.05) is 0 Å². The Kier molecular flexibility index (Phi) is 4.72. The zero-order valence-corrected chi connectivity index (χ0v) is 15.7. The second-order valence-electron chi connectivity index (χ2n) is 6.45. The average Bonchev–Trinajstić information content (AvgIpc) is 3.36. The number of amides is 1. The van der Waals surface area contributed by atoms with Crippen LogP contribution in [0.4, 0.5) is 0 Å². The molecule has 0 atom stereocenters. The lowest BCUT2D eigenvalue weighted by atomic mass is 10.2. The number of imidazole rings is 1. The number of hydrogen-bond donors (Lipinski definition) is 1. The Morgan fingerprint density at radius 1 is 1.11 bits per heavy atom. The quantitative estimate of drug-likeness (QED) is 0.584. The molecule has 3 aromatic heterocycles. The maximum Gasteiger partial charge on any atom is 0.253 e. The van der Waals surface area contributed by atoms with Gasteiger partial charge in [0, 0.05) is 36.4 Å². The van der Waals surface area contributed by atoms with E-state index >= 15 is 0 Å². The highest BCUT2D eigenvalue weighted by molar-refractivity contribution is 5.93. The highest BCUT2D eigenvalue weighted by atomic mass is 16.1. The molecule has 0 aliphatic rings. The number of aryl methyl sites for hydroxylation is 1. The Morgan fingerprint density at radius 2 is 1.93 bits per heavy atom. The summed E-state index contributed by atoms with van der Waals surface area (Å²) in [6, 6.07) is 13.5. The smallest absolute Gasteiger partial charge is 0.253 e. The van der Waals surface area contributed by atoms with Gasteiger partial charge in [-0.3, -0.25) is 9.36 Å². The molecule has 0 aliphatic carbocycles. The van der Waals surface area contributed by atoms with Crippen LogP contribution in [0.3, 0.4) is 0 Å². The first-order valence-electron chi connectivity index (χ1n) is 8.96. The van der Waals surface area contributed by atoms with E-state index in [0.717, 1.165) is 22.6 Å². The molecule has 0 saturated heterocycles. The number of nitrogens with zero attached hydrogens (tertiary/aromatic N) is 5. The lowest BCUT2D eigenvalue weighted by Gasteiger charge is -2.08. The molecule has 0 bridgehead atoms. The van der Waals surface area contributed by atoms with Crippen LogP contribution in [0.2, 0.25) is 0 Å². The van der Waals surface area contributed by atoms with Gasteiger partial charge >= 0.3 is 0 Å². The number of carbonyl (C=O) groups is 1. The number of hydrogen-bond acceptors (Lipinski definition) is 4. The third-order valence-corrected chi connectivity index (χ3v) is 4.65. The summed E-state index contributed by atoms with van der Waals surface area (Å²) in [6.45, 7) is 4.37. The van der Waals surface area contributed by atoms with Crippen molar-refractivity contribution in [2.24, 2.45) is 0 Å². The van der Waals surface area contributed by atoms with E-state index in [0.29, 0.717) is 17.9 Å². The standard InChI is InChI=1S/C21H20N6O/c1-15-19(16(2)27(25-15)18-6-4-3-5-7-18)13-24-21(28)17-8-9-20(23-12-17)26-11-10-22-14-26/h3-12,14H,13H2,1-2H3,(H,24,28). The van der Waals surface area contributed by atoms with E-state index in [2.05, 4.69) is 20.4 Å². The zero-order valence-electron chi connectivity index (χ0n) is 15.7. The van der Waals surface area contributed by atoms with Crippen molar-refractivity contribution < 1.29 is 4.79 Å². The fourth-order valence-corrected chi connectivity index (χ4v) is 3.09. The van der Waals surface area contributed by atoms with Crippen molar-refractivity contribution in [1.82, 2.24) is 29.6 Å². The van der Waals surface area contributed by atoms with E-state index in [1.807, 2.05) is 48.9 Å². The van der Waals surface area contributed by atoms with E-state index in [4.69, 9.17) is 0 Å². The maximum absolute atomic E-state index is 12.5. The number of pyridine rings is 1. The van der Waals surface area contributed by atoms with Crippen LogP contribution < -0.4 is 5.32 Å².